The van der Waals surface area contributed by atoms with Crippen LogP contribution in [0, 0.1) is 6.92 Å². The molecule has 0 radical (unpaired) electrons. The molecular weight excluding hydrogens is 280 g/mol. The van der Waals surface area contributed by atoms with Crippen LogP contribution in [0.2, 0.25) is 0 Å². The van der Waals surface area contributed by atoms with E-state index in [9.17, 15) is 9.59 Å². The van der Waals surface area contributed by atoms with E-state index >= 15 is 0 Å². The highest BCUT2D eigenvalue weighted by Gasteiger charge is 2.34. The van der Waals surface area contributed by atoms with Gasteiger partial charge in [0.2, 0.25) is 0 Å². The highest BCUT2D eigenvalue weighted by Crippen LogP contribution is 2.22. The fourth-order valence-corrected chi connectivity index (χ4v) is 2.72. The van der Waals surface area contributed by atoms with E-state index in [-0.39, 0.29) is 11.8 Å². The lowest BCUT2D eigenvalue weighted by molar-refractivity contribution is 0.0652. The molecule has 3 rings (SSSR count). The van der Waals surface area contributed by atoms with Crippen molar-refractivity contribution in [2.75, 3.05) is 6.54 Å². The lowest BCUT2D eigenvalue weighted by Crippen LogP contribution is -2.31. The van der Waals surface area contributed by atoms with Crippen molar-refractivity contribution in [3.8, 4) is 0 Å². The van der Waals surface area contributed by atoms with Crippen molar-refractivity contribution >= 4 is 11.8 Å². The lowest BCUT2D eigenvalue weighted by Gasteiger charge is -2.12. The number of benzene rings is 1. The van der Waals surface area contributed by atoms with Crippen LogP contribution in [0.5, 0.6) is 0 Å². The van der Waals surface area contributed by atoms with Crippen LogP contribution in [0.15, 0.2) is 24.3 Å². The number of imide groups is 1. The Morgan fingerprint density at radius 1 is 1.09 bits per heavy atom. The third-order valence-corrected chi connectivity index (χ3v) is 3.86. The summed E-state index contributed by atoms with van der Waals surface area (Å²) in [6.45, 7) is 5.12. The fraction of sp³-hybridized carbons (Fsp3) is 0.375. The van der Waals surface area contributed by atoms with Crippen LogP contribution in [-0.4, -0.2) is 38.0 Å². The monoisotopic (exact) mass is 298 g/mol. The number of hydrogen-bond acceptors (Lipinski definition) is 4. The largest absolute Gasteiger partial charge is 0.274 e. The number of amides is 2. The highest BCUT2D eigenvalue weighted by atomic mass is 16.2. The molecule has 1 aromatic heterocycles. The molecule has 6 nitrogen and oxygen atoms in total. The average molecular weight is 298 g/mol. The second-order valence-electron chi connectivity index (χ2n) is 5.30. The minimum Gasteiger partial charge on any atom is -0.274 e. The third kappa shape index (κ3) is 2.41. The standard InChI is InChI=1S/C16H18N4O2/c1-3-20-11(2)17-14(18-20)9-6-10-19-15(21)12-7-4-5-8-13(12)16(19)22/h4-5,7-8H,3,6,9-10H2,1-2H3. The van der Waals surface area contributed by atoms with Gasteiger partial charge in [0.05, 0.1) is 11.1 Å². The summed E-state index contributed by atoms with van der Waals surface area (Å²) in [7, 11) is 0. The molecule has 1 aliphatic heterocycles. The quantitative estimate of drug-likeness (QED) is 0.790. The first kappa shape index (κ1) is 14.4. The number of carbonyl (C=O) groups is 2. The van der Waals surface area contributed by atoms with Crippen molar-refractivity contribution in [2.45, 2.75) is 33.2 Å². The SMILES string of the molecule is CCn1nc(CCCN2C(=O)c3ccccc3C2=O)nc1C. The van der Waals surface area contributed by atoms with E-state index < -0.39 is 0 Å². The Kier molecular flexibility index (Phi) is 3.75. The van der Waals surface area contributed by atoms with Gasteiger partial charge in [-0.2, -0.15) is 5.10 Å². The number of rotatable bonds is 5. The van der Waals surface area contributed by atoms with E-state index in [1.54, 1.807) is 24.3 Å². The van der Waals surface area contributed by atoms with Gasteiger partial charge in [-0.05, 0) is 32.4 Å². The van der Waals surface area contributed by atoms with Gasteiger partial charge >= 0.3 is 0 Å². The molecule has 0 N–H and O–H groups in total. The maximum absolute atomic E-state index is 12.2. The number of aromatic nitrogens is 3. The molecule has 0 atom stereocenters. The minimum atomic E-state index is -0.205. The molecular formula is C16H18N4O2. The predicted molar refractivity (Wildman–Crippen MR) is 80.6 cm³/mol. The first-order valence-electron chi connectivity index (χ1n) is 7.47. The topological polar surface area (TPSA) is 68.1 Å². The maximum atomic E-state index is 12.2. The highest BCUT2D eigenvalue weighted by molar-refractivity contribution is 6.21. The van der Waals surface area contributed by atoms with Crippen molar-refractivity contribution in [1.29, 1.82) is 0 Å². The second kappa shape index (κ2) is 5.71. The van der Waals surface area contributed by atoms with Crippen molar-refractivity contribution in [3.63, 3.8) is 0 Å². The van der Waals surface area contributed by atoms with E-state index in [4.69, 9.17) is 0 Å². The minimum absolute atomic E-state index is 0.205. The van der Waals surface area contributed by atoms with Crippen molar-refractivity contribution in [2.24, 2.45) is 0 Å². The van der Waals surface area contributed by atoms with Crippen LogP contribution in [0.3, 0.4) is 0 Å². The van der Waals surface area contributed by atoms with Gasteiger partial charge in [0.15, 0.2) is 5.82 Å². The van der Waals surface area contributed by atoms with Gasteiger partial charge in [-0.3, -0.25) is 19.2 Å². The predicted octanol–water partition coefficient (Wildman–Crippen LogP) is 1.84. The Labute approximate surface area is 128 Å². The summed E-state index contributed by atoms with van der Waals surface area (Å²) in [5.41, 5.74) is 0.994. The molecule has 0 spiro atoms. The summed E-state index contributed by atoms with van der Waals surface area (Å²) in [5, 5.41) is 4.39. The Morgan fingerprint density at radius 3 is 2.27 bits per heavy atom. The van der Waals surface area contributed by atoms with Gasteiger partial charge in [0, 0.05) is 19.5 Å². The summed E-state index contributed by atoms with van der Waals surface area (Å²) in [6.07, 6.45) is 1.32. The van der Waals surface area contributed by atoms with E-state index in [1.165, 1.54) is 4.90 Å². The van der Waals surface area contributed by atoms with Gasteiger partial charge in [-0.1, -0.05) is 12.1 Å². The van der Waals surface area contributed by atoms with Crippen LogP contribution < -0.4 is 0 Å². The zero-order valence-corrected chi connectivity index (χ0v) is 12.7. The molecule has 22 heavy (non-hydrogen) atoms. The molecule has 2 amide bonds. The normalized spacial score (nSPS) is 13.8. The Hall–Kier alpha value is -2.50. The Morgan fingerprint density at radius 2 is 1.73 bits per heavy atom. The van der Waals surface area contributed by atoms with E-state index in [2.05, 4.69) is 10.1 Å². The van der Waals surface area contributed by atoms with Crippen LogP contribution in [0.25, 0.3) is 0 Å². The maximum Gasteiger partial charge on any atom is 0.261 e. The third-order valence-electron chi connectivity index (χ3n) is 3.86. The fourth-order valence-electron chi connectivity index (χ4n) is 2.72. The number of carbonyl (C=O) groups excluding carboxylic acids is 2. The average Bonchev–Trinajstić information content (AvgIpc) is 3.00. The van der Waals surface area contributed by atoms with Gasteiger partial charge in [-0.25, -0.2) is 4.98 Å². The molecule has 0 saturated carbocycles. The van der Waals surface area contributed by atoms with Crippen LogP contribution in [0.1, 0.15) is 45.7 Å². The molecule has 1 aliphatic rings. The number of hydrogen-bond donors (Lipinski definition) is 0. The van der Waals surface area contributed by atoms with E-state index in [0.717, 1.165) is 18.2 Å². The summed E-state index contributed by atoms with van der Waals surface area (Å²) < 4.78 is 1.84. The van der Waals surface area contributed by atoms with Crippen LogP contribution >= 0.6 is 0 Å². The molecule has 114 valence electrons. The molecule has 0 saturated heterocycles. The molecule has 0 unspecified atom stereocenters. The van der Waals surface area contributed by atoms with Gasteiger partial charge in [-0.15, -0.1) is 0 Å². The first-order valence-corrected chi connectivity index (χ1v) is 7.47. The zero-order chi connectivity index (χ0) is 15.7. The summed E-state index contributed by atoms with van der Waals surface area (Å²) in [5.74, 6) is 1.24. The first-order chi connectivity index (χ1) is 10.6. The summed E-state index contributed by atoms with van der Waals surface area (Å²) >= 11 is 0. The molecule has 2 aromatic rings. The summed E-state index contributed by atoms with van der Waals surface area (Å²) in [4.78, 5) is 30.1. The van der Waals surface area contributed by atoms with Gasteiger partial charge in [0.25, 0.3) is 11.8 Å². The van der Waals surface area contributed by atoms with Gasteiger partial charge < -0.3 is 0 Å². The molecule has 0 aliphatic carbocycles. The van der Waals surface area contributed by atoms with Gasteiger partial charge in [0.1, 0.15) is 5.82 Å². The van der Waals surface area contributed by atoms with Crippen LogP contribution in [-0.2, 0) is 13.0 Å². The molecule has 2 heterocycles. The molecule has 0 bridgehead atoms. The smallest absolute Gasteiger partial charge is 0.261 e. The van der Waals surface area contributed by atoms with Crippen molar-refractivity contribution < 1.29 is 9.59 Å². The van der Waals surface area contributed by atoms with E-state index in [1.807, 2.05) is 18.5 Å². The van der Waals surface area contributed by atoms with Crippen molar-refractivity contribution in [1.82, 2.24) is 19.7 Å². The second-order valence-corrected chi connectivity index (χ2v) is 5.30. The Bertz CT molecular complexity index is 700. The number of fused-ring (bicyclic) bond motifs is 1. The van der Waals surface area contributed by atoms with E-state index in [0.29, 0.717) is 30.5 Å². The summed E-state index contributed by atoms with van der Waals surface area (Å²) in [6, 6.07) is 6.95. The van der Waals surface area contributed by atoms with Crippen LogP contribution in [0.4, 0.5) is 0 Å². The molecule has 0 fully saturated rings. The Balaban J connectivity index is 1.63. The van der Waals surface area contributed by atoms with Crippen molar-refractivity contribution in [3.05, 3.63) is 47.0 Å². The lowest BCUT2D eigenvalue weighted by atomic mass is 10.1. The zero-order valence-electron chi connectivity index (χ0n) is 12.7. The number of aryl methyl sites for hydroxylation is 3. The number of nitrogens with zero attached hydrogens (tertiary/aromatic N) is 4. The molecule has 1 aromatic carbocycles. The molecule has 6 heteroatoms.